The van der Waals surface area contributed by atoms with Gasteiger partial charge in [0.05, 0.1) is 12.1 Å². The van der Waals surface area contributed by atoms with Crippen LogP contribution in [0.4, 0.5) is 5.69 Å². The molecule has 0 radical (unpaired) electrons. The fourth-order valence-electron chi connectivity index (χ4n) is 2.71. The van der Waals surface area contributed by atoms with E-state index >= 15 is 0 Å². The molecule has 1 aliphatic heterocycles. The lowest BCUT2D eigenvalue weighted by Crippen LogP contribution is -2.10. The molecule has 0 saturated heterocycles. The van der Waals surface area contributed by atoms with E-state index < -0.39 is 0 Å². The minimum absolute atomic E-state index is 0. The number of hydrogen-bond acceptors (Lipinski definition) is 4. The van der Waals surface area contributed by atoms with E-state index in [0.717, 1.165) is 27.2 Å². The van der Waals surface area contributed by atoms with Gasteiger partial charge in [-0.15, -0.1) is 12.4 Å². The molecule has 0 spiro atoms. The van der Waals surface area contributed by atoms with Crippen molar-refractivity contribution in [1.29, 1.82) is 0 Å². The maximum Gasteiger partial charge on any atom is 0.103 e. The van der Waals surface area contributed by atoms with Crippen LogP contribution >= 0.6 is 24.2 Å². The van der Waals surface area contributed by atoms with Crippen molar-refractivity contribution < 1.29 is 0 Å². The molecular weight excluding hydrogens is 304 g/mol. The molecule has 108 valence electrons. The average Bonchev–Trinajstić information content (AvgIpc) is 2.83. The van der Waals surface area contributed by atoms with Crippen LogP contribution in [-0.2, 0) is 6.54 Å². The molecule has 0 fully saturated rings. The van der Waals surface area contributed by atoms with E-state index in [1.54, 1.807) is 11.8 Å². The number of anilines is 1. The number of rotatable bonds is 2. The van der Waals surface area contributed by atoms with Gasteiger partial charge in [0.15, 0.2) is 0 Å². The second-order valence-corrected chi connectivity index (χ2v) is 5.89. The Morgan fingerprint density at radius 3 is 2.76 bits per heavy atom. The zero-order chi connectivity index (χ0) is 13.7. The Hall–Kier alpha value is -1.69. The molecule has 6 heteroatoms. The molecule has 0 bridgehead atoms. The maximum atomic E-state index is 6.16. The van der Waals surface area contributed by atoms with Crippen LogP contribution in [0.1, 0.15) is 0 Å². The summed E-state index contributed by atoms with van der Waals surface area (Å²) in [4.78, 5) is 2.32. The minimum atomic E-state index is 0. The Kier molecular flexibility index (Phi) is 3.57. The SMILES string of the molecule is Cl.NCCn1nc2c3c(c(N)ccc31)Sc1ccccc1-2. The molecule has 4 rings (SSSR count). The van der Waals surface area contributed by atoms with Gasteiger partial charge in [-0.2, -0.15) is 5.10 Å². The molecule has 4 nitrogen and oxygen atoms in total. The second-order valence-electron chi connectivity index (χ2n) is 4.84. The maximum absolute atomic E-state index is 6.16. The van der Waals surface area contributed by atoms with E-state index in [4.69, 9.17) is 16.6 Å². The van der Waals surface area contributed by atoms with Crippen molar-refractivity contribution in [3.63, 3.8) is 0 Å². The second kappa shape index (κ2) is 5.26. The van der Waals surface area contributed by atoms with Crippen molar-refractivity contribution in [2.24, 2.45) is 5.73 Å². The Morgan fingerprint density at radius 1 is 1.14 bits per heavy atom. The minimum Gasteiger partial charge on any atom is -0.398 e. The predicted octanol–water partition coefficient (Wildman–Crippen LogP) is 3.13. The Balaban J connectivity index is 0.00000132. The van der Waals surface area contributed by atoms with Crippen molar-refractivity contribution in [2.45, 2.75) is 16.3 Å². The van der Waals surface area contributed by atoms with Gasteiger partial charge in [0.1, 0.15) is 5.69 Å². The molecule has 2 aromatic carbocycles. The molecule has 4 N–H and O–H groups in total. The number of halogens is 1. The van der Waals surface area contributed by atoms with Crippen molar-refractivity contribution in [1.82, 2.24) is 9.78 Å². The van der Waals surface area contributed by atoms with Gasteiger partial charge in [0.2, 0.25) is 0 Å². The first kappa shape index (κ1) is 14.3. The van der Waals surface area contributed by atoms with Crippen LogP contribution in [0, 0.1) is 0 Å². The third-order valence-corrected chi connectivity index (χ3v) is 4.82. The number of nitrogens with two attached hydrogens (primary N) is 2. The predicted molar refractivity (Wildman–Crippen MR) is 90.0 cm³/mol. The highest BCUT2D eigenvalue weighted by molar-refractivity contribution is 8.00. The quantitative estimate of drug-likeness (QED) is 0.557. The van der Waals surface area contributed by atoms with Crippen LogP contribution in [0.15, 0.2) is 46.2 Å². The Bertz CT molecular complexity index is 828. The van der Waals surface area contributed by atoms with Gasteiger partial charge < -0.3 is 11.5 Å². The summed E-state index contributed by atoms with van der Waals surface area (Å²) in [5, 5.41) is 5.91. The normalized spacial score (nSPS) is 12.0. The largest absolute Gasteiger partial charge is 0.398 e. The highest BCUT2D eigenvalue weighted by atomic mass is 35.5. The molecule has 1 aromatic heterocycles. The smallest absolute Gasteiger partial charge is 0.103 e. The van der Waals surface area contributed by atoms with Crippen molar-refractivity contribution in [3.05, 3.63) is 36.4 Å². The van der Waals surface area contributed by atoms with Crippen LogP contribution in [0.3, 0.4) is 0 Å². The summed E-state index contributed by atoms with van der Waals surface area (Å²) < 4.78 is 1.98. The third kappa shape index (κ3) is 2.00. The Morgan fingerprint density at radius 2 is 1.95 bits per heavy atom. The third-order valence-electron chi connectivity index (χ3n) is 3.60. The molecular formula is C15H15ClN4S. The summed E-state index contributed by atoms with van der Waals surface area (Å²) in [7, 11) is 0. The highest BCUT2D eigenvalue weighted by Gasteiger charge is 2.24. The summed E-state index contributed by atoms with van der Waals surface area (Å²) in [6, 6.07) is 12.3. The van der Waals surface area contributed by atoms with Gasteiger partial charge >= 0.3 is 0 Å². The number of nitrogen functional groups attached to an aromatic ring is 1. The fraction of sp³-hybridized carbons (Fsp3) is 0.133. The zero-order valence-electron chi connectivity index (χ0n) is 11.2. The van der Waals surface area contributed by atoms with Gasteiger partial charge in [-0.3, -0.25) is 4.68 Å². The molecule has 0 unspecified atom stereocenters. The van der Waals surface area contributed by atoms with Crippen LogP contribution in [0.25, 0.3) is 22.2 Å². The number of hydrogen-bond donors (Lipinski definition) is 2. The summed E-state index contributed by atoms with van der Waals surface area (Å²) in [5.41, 5.74) is 16.0. The monoisotopic (exact) mass is 318 g/mol. The lowest BCUT2D eigenvalue weighted by molar-refractivity contribution is 0.648. The van der Waals surface area contributed by atoms with E-state index in [9.17, 15) is 0 Å². The lowest BCUT2D eigenvalue weighted by atomic mass is 10.1. The van der Waals surface area contributed by atoms with E-state index in [-0.39, 0.29) is 12.4 Å². The Labute approximate surface area is 132 Å². The van der Waals surface area contributed by atoms with Crippen molar-refractivity contribution in [2.75, 3.05) is 12.3 Å². The van der Waals surface area contributed by atoms with Crippen LogP contribution in [0.2, 0.25) is 0 Å². The van der Waals surface area contributed by atoms with E-state index in [2.05, 4.69) is 12.1 Å². The topological polar surface area (TPSA) is 69.9 Å². The summed E-state index contributed by atoms with van der Waals surface area (Å²) in [6.45, 7) is 1.29. The first-order chi connectivity index (χ1) is 9.79. The molecule has 2 heterocycles. The summed E-state index contributed by atoms with van der Waals surface area (Å²) in [5.74, 6) is 0. The number of fused-ring (bicyclic) bond motifs is 2. The van der Waals surface area contributed by atoms with Crippen LogP contribution < -0.4 is 11.5 Å². The number of benzene rings is 2. The van der Waals surface area contributed by atoms with Crippen molar-refractivity contribution in [3.8, 4) is 11.3 Å². The highest BCUT2D eigenvalue weighted by Crippen LogP contribution is 2.49. The molecule has 0 saturated carbocycles. The van der Waals surface area contributed by atoms with Crippen LogP contribution in [-0.4, -0.2) is 16.3 Å². The fourth-order valence-corrected chi connectivity index (χ4v) is 3.84. The summed E-state index contributed by atoms with van der Waals surface area (Å²) >= 11 is 1.72. The first-order valence-corrected chi connectivity index (χ1v) is 7.37. The standard InChI is InChI=1S/C15H14N4S.ClH/c16-7-8-19-11-6-5-10(17)15-13(11)14(18-19)9-3-1-2-4-12(9)20-15;/h1-6H,7-8,16-17H2;1H. The lowest BCUT2D eigenvalue weighted by Gasteiger charge is -2.16. The van der Waals surface area contributed by atoms with Gasteiger partial charge in [0, 0.05) is 33.0 Å². The van der Waals surface area contributed by atoms with Gasteiger partial charge in [-0.25, -0.2) is 0 Å². The van der Waals surface area contributed by atoms with E-state index in [1.807, 2.05) is 28.9 Å². The molecule has 21 heavy (non-hydrogen) atoms. The average molecular weight is 319 g/mol. The van der Waals surface area contributed by atoms with Gasteiger partial charge in [-0.05, 0) is 18.2 Å². The molecule has 1 aliphatic rings. The zero-order valence-corrected chi connectivity index (χ0v) is 12.9. The van der Waals surface area contributed by atoms with Gasteiger partial charge in [0.25, 0.3) is 0 Å². The summed E-state index contributed by atoms with van der Waals surface area (Å²) in [6.07, 6.45) is 0. The van der Waals surface area contributed by atoms with Crippen LogP contribution in [0.5, 0.6) is 0 Å². The molecule has 0 amide bonds. The number of aromatic nitrogens is 2. The van der Waals surface area contributed by atoms with Crippen molar-refractivity contribution >= 4 is 40.8 Å². The molecule has 0 aliphatic carbocycles. The number of nitrogens with zero attached hydrogens (tertiary/aromatic N) is 2. The molecule has 3 aromatic rings. The first-order valence-electron chi connectivity index (χ1n) is 6.56. The molecule has 0 atom stereocenters. The van der Waals surface area contributed by atoms with Gasteiger partial charge in [-0.1, -0.05) is 30.0 Å². The van der Waals surface area contributed by atoms with E-state index in [1.165, 1.54) is 10.5 Å². The van der Waals surface area contributed by atoms with E-state index in [0.29, 0.717) is 13.1 Å².